The predicted octanol–water partition coefficient (Wildman–Crippen LogP) is 1.36. The molecule has 0 aromatic rings. The molecule has 0 aromatic carbocycles. The van der Waals surface area contributed by atoms with Crippen LogP contribution in [-0.4, -0.2) is 36.4 Å². The minimum Gasteiger partial charge on any atom is -0.367 e. The van der Waals surface area contributed by atoms with Gasteiger partial charge in [0.1, 0.15) is 0 Å². The van der Waals surface area contributed by atoms with Crippen molar-refractivity contribution < 1.29 is 32.7 Å². The first-order valence-electron chi connectivity index (χ1n) is 4.50. The molecule has 2 unspecified atom stereocenters. The van der Waals surface area contributed by atoms with E-state index in [1.54, 1.807) is 0 Å². The molecule has 100 valence electrons. The second kappa shape index (κ2) is 6.12. The monoisotopic (exact) mass is 286 g/mol. The van der Waals surface area contributed by atoms with Gasteiger partial charge in [0, 0.05) is 34.2 Å². The zero-order chi connectivity index (χ0) is 13.7. The summed E-state index contributed by atoms with van der Waals surface area (Å²) in [6, 6.07) is 0. The van der Waals surface area contributed by atoms with Gasteiger partial charge in [-0.25, -0.2) is 0 Å². The zero-order valence-electron chi connectivity index (χ0n) is 9.82. The summed E-state index contributed by atoms with van der Waals surface area (Å²) < 4.78 is 37.3. The van der Waals surface area contributed by atoms with Crippen molar-refractivity contribution in [1.29, 1.82) is 0 Å². The molecule has 0 radical (unpaired) electrons. The average molecular weight is 286 g/mol. The highest BCUT2D eigenvalue weighted by molar-refractivity contribution is 7.73. The largest absolute Gasteiger partial charge is 0.374 e. The smallest absolute Gasteiger partial charge is 0.367 e. The lowest BCUT2D eigenvalue weighted by Gasteiger charge is -2.34. The Kier molecular flexibility index (Phi) is 6.06. The van der Waals surface area contributed by atoms with Crippen molar-refractivity contribution in [1.82, 2.24) is 0 Å². The third-order valence-electron chi connectivity index (χ3n) is 2.22. The fraction of sp³-hybridized carbons (Fsp3) is 0.750. The van der Waals surface area contributed by atoms with E-state index in [1.165, 1.54) is 0 Å². The van der Waals surface area contributed by atoms with E-state index in [0.29, 0.717) is 0 Å². The lowest BCUT2D eigenvalue weighted by molar-refractivity contribution is 0.104. The average Bonchev–Trinajstić information content (AvgIpc) is 2.34. The first kappa shape index (κ1) is 16.8. The zero-order valence-corrected chi connectivity index (χ0v) is 11.6. The van der Waals surface area contributed by atoms with Crippen LogP contribution in [0.15, 0.2) is 0 Å². The van der Waals surface area contributed by atoms with E-state index in [2.05, 4.69) is 19.5 Å². The Morgan fingerprint density at radius 1 is 1.24 bits per heavy atom. The van der Waals surface area contributed by atoms with Gasteiger partial charge >= 0.3 is 15.2 Å². The minimum atomic E-state index is -4.63. The van der Waals surface area contributed by atoms with Crippen LogP contribution in [0.25, 0.3) is 0 Å². The summed E-state index contributed by atoms with van der Waals surface area (Å²) >= 11 is 0. The normalized spacial score (nSPS) is 19.1. The van der Waals surface area contributed by atoms with Gasteiger partial charge in [-0.3, -0.25) is 9.13 Å². The molecule has 0 fully saturated rings. The van der Waals surface area contributed by atoms with Gasteiger partial charge in [0.15, 0.2) is 0 Å². The molecule has 0 aliphatic carbocycles. The van der Waals surface area contributed by atoms with E-state index < -0.39 is 26.7 Å². The van der Waals surface area contributed by atoms with Gasteiger partial charge in [-0.1, -0.05) is 0 Å². The third-order valence-corrected chi connectivity index (χ3v) is 7.40. The van der Waals surface area contributed by atoms with Gasteiger partial charge in [0.05, 0.1) is 0 Å². The lowest BCUT2D eigenvalue weighted by atomic mass is 10.3. The maximum Gasteiger partial charge on any atom is 0.374 e. The Hall–Kier alpha value is -0.180. The quantitative estimate of drug-likeness (QED) is 0.538. The second-order valence-corrected chi connectivity index (χ2v) is 8.01. The summed E-state index contributed by atoms with van der Waals surface area (Å²) in [5.41, 5.74) is 0. The number of aliphatic hydroxyl groups is 1. The van der Waals surface area contributed by atoms with E-state index >= 15 is 0 Å². The summed E-state index contributed by atoms with van der Waals surface area (Å²) in [6.07, 6.45) is 4.45. The summed E-state index contributed by atoms with van der Waals surface area (Å²) in [5, 5.41) is 7.45. The number of terminal acetylenes is 1. The minimum absolute atomic E-state index is 0.0961. The summed E-state index contributed by atoms with van der Waals surface area (Å²) in [6.45, 7) is 0. The highest BCUT2D eigenvalue weighted by atomic mass is 31.2. The molecule has 0 aliphatic rings. The highest BCUT2D eigenvalue weighted by Crippen LogP contribution is 2.75. The molecule has 0 spiro atoms. The van der Waals surface area contributed by atoms with Crippen LogP contribution in [0.5, 0.6) is 0 Å². The van der Waals surface area contributed by atoms with Crippen LogP contribution in [0, 0.1) is 12.3 Å². The van der Waals surface area contributed by atoms with Crippen LogP contribution >= 0.6 is 15.2 Å². The van der Waals surface area contributed by atoms with Crippen LogP contribution < -0.4 is 0 Å². The van der Waals surface area contributed by atoms with Crippen LogP contribution in [-0.2, 0) is 22.7 Å². The molecule has 0 heterocycles. The van der Waals surface area contributed by atoms with Gasteiger partial charge in [-0.15, -0.1) is 12.3 Å². The molecule has 0 rings (SSSR count). The molecule has 2 atom stereocenters. The van der Waals surface area contributed by atoms with Crippen LogP contribution in [0.3, 0.4) is 0 Å². The SMILES string of the molecule is C#CCCC(O)(P(=O)(O)OC)P(=O)(OC)OC. The first-order valence-corrected chi connectivity index (χ1v) is 7.62. The molecular weight excluding hydrogens is 270 g/mol. The van der Waals surface area contributed by atoms with Gasteiger partial charge in [-0.2, -0.15) is 0 Å². The Bertz CT molecular complexity index is 380. The number of rotatable bonds is 7. The van der Waals surface area contributed by atoms with Gasteiger partial charge in [-0.05, 0) is 0 Å². The molecule has 0 amide bonds. The standard InChI is InChI=1S/C8H16O7P2/c1-5-6-7-8(9,16(10,11)13-2)17(12,14-3)15-4/h1,9H,6-7H2,2-4H3,(H,10,11). The molecule has 0 aromatic heterocycles. The van der Waals surface area contributed by atoms with Crippen molar-refractivity contribution in [2.75, 3.05) is 21.3 Å². The molecule has 0 bridgehead atoms. The first-order chi connectivity index (χ1) is 7.74. The van der Waals surface area contributed by atoms with E-state index in [-0.39, 0.29) is 6.42 Å². The molecule has 9 heteroatoms. The summed E-state index contributed by atoms with van der Waals surface area (Å²) in [7, 11) is -6.01. The molecular formula is C8H16O7P2. The maximum absolute atomic E-state index is 12.1. The summed E-state index contributed by atoms with van der Waals surface area (Å²) in [5.74, 6) is 2.16. The van der Waals surface area contributed by atoms with Crippen LogP contribution in [0.1, 0.15) is 12.8 Å². The van der Waals surface area contributed by atoms with Crippen molar-refractivity contribution in [3.05, 3.63) is 0 Å². The Morgan fingerprint density at radius 3 is 2.00 bits per heavy atom. The van der Waals surface area contributed by atoms with E-state index in [1.807, 2.05) is 0 Å². The fourth-order valence-corrected chi connectivity index (χ4v) is 4.97. The third kappa shape index (κ3) is 2.98. The fourth-order valence-electron chi connectivity index (χ4n) is 1.19. The van der Waals surface area contributed by atoms with Gasteiger partial charge in [0.25, 0.3) is 5.08 Å². The van der Waals surface area contributed by atoms with E-state index in [9.17, 15) is 19.1 Å². The van der Waals surface area contributed by atoms with Gasteiger partial charge < -0.3 is 23.6 Å². The maximum atomic E-state index is 12.1. The van der Waals surface area contributed by atoms with Crippen molar-refractivity contribution >= 4 is 15.2 Å². The van der Waals surface area contributed by atoms with E-state index in [0.717, 1.165) is 21.3 Å². The Labute approximate surface area is 100 Å². The number of hydrogen-bond acceptors (Lipinski definition) is 6. The van der Waals surface area contributed by atoms with E-state index in [4.69, 9.17) is 6.42 Å². The topological polar surface area (TPSA) is 102 Å². The Morgan fingerprint density at radius 2 is 1.71 bits per heavy atom. The molecule has 0 saturated carbocycles. The molecule has 2 N–H and O–H groups in total. The molecule has 17 heavy (non-hydrogen) atoms. The summed E-state index contributed by atoms with van der Waals surface area (Å²) in [4.78, 5) is 9.55. The lowest BCUT2D eigenvalue weighted by Crippen LogP contribution is -2.30. The Balaban J connectivity index is 5.64. The van der Waals surface area contributed by atoms with Gasteiger partial charge in [0.2, 0.25) is 0 Å². The van der Waals surface area contributed by atoms with Crippen molar-refractivity contribution in [2.24, 2.45) is 0 Å². The molecule has 0 aliphatic heterocycles. The second-order valence-electron chi connectivity index (χ2n) is 3.04. The highest BCUT2D eigenvalue weighted by Gasteiger charge is 2.62. The molecule has 7 nitrogen and oxygen atoms in total. The molecule has 0 saturated heterocycles. The van der Waals surface area contributed by atoms with Crippen molar-refractivity contribution in [3.8, 4) is 12.3 Å². The van der Waals surface area contributed by atoms with Crippen LogP contribution in [0.2, 0.25) is 0 Å². The number of hydrogen-bond donors (Lipinski definition) is 2. The van der Waals surface area contributed by atoms with Crippen LogP contribution in [0.4, 0.5) is 0 Å². The van der Waals surface area contributed by atoms with Crippen molar-refractivity contribution in [3.63, 3.8) is 0 Å². The predicted molar refractivity (Wildman–Crippen MR) is 61.5 cm³/mol. The van der Waals surface area contributed by atoms with Crippen molar-refractivity contribution in [2.45, 2.75) is 17.9 Å².